The van der Waals surface area contributed by atoms with Gasteiger partial charge in [-0.3, -0.25) is 4.98 Å². The molecule has 24 heavy (non-hydrogen) atoms. The molecule has 0 spiro atoms. The summed E-state index contributed by atoms with van der Waals surface area (Å²) in [6.07, 6.45) is 8.99. The molecule has 1 aromatic heterocycles. The zero-order valence-electron chi connectivity index (χ0n) is 14.4. The van der Waals surface area contributed by atoms with Crippen molar-refractivity contribution >= 4 is 5.69 Å². The van der Waals surface area contributed by atoms with Crippen LogP contribution in [0.4, 0.5) is 5.69 Å². The SMILES string of the molecule is COc1ccc(N2Cc3ccncc3C2C)cc1OC1CCCC1. The number of rotatable bonds is 4. The van der Waals surface area contributed by atoms with Crippen LogP contribution in [0.15, 0.2) is 36.7 Å². The standard InChI is InChI=1S/C20H24N2O2/c1-14-18-12-21-10-9-15(18)13-22(14)16-7-8-19(23-2)20(11-16)24-17-5-3-4-6-17/h7-12,14,17H,3-6,13H2,1-2H3. The van der Waals surface area contributed by atoms with E-state index in [2.05, 4.69) is 35.0 Å². The summed E-state index contributed by atoms with van der Waals surface area (Å²) in [5.41, 5.74) is 3.84. The van der Waals surface area contributed by atoms with Crippen molar-refractivity contribution in [3.05, 3.63) is 47.8 Å². The van der Waals surface area contributed by atoms with E-state index in [9.17, 15) is 0 Å². The third kappa shape index (κ3) is 2.70. The molecule has 0 amide bonds. The zero-order chi connectivity index (χ0) is 16.5. The zero-order valence-corrected chi connectivity index (χ0v) is 14.4. The number of benzene rings is 1. The van der Waals surface area contributed by atoms with Crippen LogP contribution in [0, 0.1) is 0 Å². The molecule has 126 valence electrons. The molecule has 1 atom stereocenters. The lowest BCUT2D eigenvalue weighted by Gasteiger charge is -2.26. The topological polar surface area (TPSA) is 34.6 Å². The van der Waals surface area contributed by atoms with Gasteiger partial charge in [0.05, 0.1) is 19.3 Å². The second kappa shape index (κ2) is 6.34. The van der Waals surface area contributed by atoms with Crippen molar-refractivity contribution < 1.29 is 9.47 Å². The highest BCUT2D eigenvalue weighted by atomic mass is 16.5. The minimum absolute atomic E-state index is 0.321. The van der Waals surface area contributed by atoms with Crippen LogP contribution >= 0.6 is 0 Å². The lowest BCUT2D eigenvalue weighted by atomic mass is 10.1. The van der Waals surface area contributed by atoms with Crippen molar-refractivity contribution in [2.75, 3.05) is 12.0 Å². The van der Waals surface area contributed by atoms with Gasteiger partial charge in [-0.1, -0.05) is 0 Å². The third-order valence-corrected chi connectivity index (χ3v) is 5.28. The maximum atomic E-state index is 6.25. The molecule has 0 radical (unpaired) electrons. The number of hydrogen-bond donors (Lipinski definition) is 0. The van der Waals surface area contributed by atoms with E-state index in [-0.39, 0.29) is 0 Å². The average molecular weight is 324 g/mol. The quantitative estimate of drug-likeness (QED) is 0.830. The molecular formula is C20H24N2O2. The van der Waals surface area contributed by atoms with Gasteiger partial charge in [-0.2, -0.15) is 0 Å². The molecule has 2 aromatic rings. The van der Waals surface area contributed by atoms with Crippen LogP contribution in [0.3, 0.4) is 0 Å². The fourth-order valence-electron chi connectivity index (χ4n) is 3.88. The molecule has 2 aliphatic rings. The third-order valence-electron chi connectivity index (χ3n) is 5.28. The van der Waals surface area contributed by atoms with E-state index in [1.807, 2.05) is 18.5 Å². The highest BCUT2D eigenvalue weighted by Gasteiger charge is 2.28. The van der Waals surface area contributed by atoms with Crippen LogP contribution in [0.2, 0.25) is 0 Å². The molecule has 0 bridgehead atoms. The fraction of sp³-hybridized carbons (Fsp3) is 0.450. The molecule has 4 nitrogen and oxygen atoms in total. The highest BCUT2D eigenvalue weighted by molar-refractivity contribution is 5.60. The van der Waals surface area contributed by atoms with E-state index >= 15 is 0 Å². The van der Waals surface area contributed by atoms with E-state index in [0.717, 1.165) is 30.9 Å². The molecule has 0 N–H and O–H groups in total. The maximum Gasteiger partial charge on any atom is 0.163 e. The molecule has 1 saturated carbocycles. The monoisotopic (exact) mass is 324 g/mol. The average Bonchev–Trinajstić information content (AvgIpc) is 3.23. The van der Waals surface area contributed by atoms with Crippen LogP contribution in [0.25, 0.3) is 0 Å². The van der Waals surface area contributed by atoms with Gasteiger partial charge >= 0.3 is 0 Å². The number of fused-ring (bicyclic) bond motifs is 1. The Balaban J connectivity index is 1.62. The van der Waals surface area contributed by atoms with Crippen molar-refractivity contribution in [3.8, 4) is 11.5 Å². The first kappa shape index (κ1) is 15.3. The number of aromatic nitrogens is 1. The Bertz CT molecular complexity index is 725. The summed E-state index contributed by atoms with van der Waals surface area (Å²) in [6, 6.07) is 8.71. The van der Waals surface area contributed by atoms with Crippen molar-refractivity contribution in [1.82, 2.24) is 4.98 Å². The van der Waals surface area contributed by atoms with Crippen LogP contribution in [0.1, 0.15) is 49.8 Å². The number of ether oxygens (including phenoxy) is 2. The van der Waals surface area contributed by atoms with E-state index in [0.29, 0.717) is 12.1 Å². The summed E-state index contributed by atoms with van der Waals surface area (Å²) in [5.74, 6) is 1.68. The van der Waals surface area contributed by atoms with Gasteiger partial charge in [0.25, 0.3) is 0 Å². The Hall–Kier alpha value is -2.23. The second-order valence-corrected chi connectivity index (χ2v) is 6.74. The van der Waals surface area contributed by atoms with Crippen LogP contribution in [-0.2, 0) is 6.54 Å². The number of methoxy groups -OCH3 is 1. The second-order valence-electron chi connectivity index (χ2n) is 6.74. The van der Waals surface area contributed by atoms with Gasteiger partial charge in [0.2, 0.25) is 0 Å². The van der Waals surface area contributed by atoms with Gasteiger partial charge in [-0.15, -0.1) is 0 Å². The molecule has 4 rings (SSSR count). The Morgan fingerprint density at radius 2 is 1.96 bits per heavy atom. The molecule has 1 fully saturated rings. The Kier molecular flexibility index (Phi) is 4.05. The molecule has 1 aliphatic carbocycles. The van der Waals surface area contributed by atoms with Gasteiger partial charge in [0.1, 0.15) is 0 Å². The van der Waals surface area contributed by atoms with Crippen molar-refractivity contribution in [1.29, 1.82) is 0 Å². The van der Waals surface area contributed by atoms with Crippen molar-refractivity contribution in [2.45, 2.75) is 51.3 Å². The number of pyridine rings is 1. The maximum absolute atomic E-state index is 6.25. The molecule has 4 heteroatoms. The molecule has 0 saturated heterocycles. The first-order valence-electron chi connectivity index (χ1n) is 8.80. The number of hydrogen-bond acceptors (Lipinski definition) is 4. The minimum Gasteiger partial charge on any atom is -0.493 e. The van der Waals surface area contributed by atoms with E-state index in [1.54, 1.807) is 7.11 Å². The van der Waals surface area contributed by atoms with Gasteiger partial charge in [0.15, 0.2) is 11.5 Å². The summed E-state index contributed by atoms with van der Waals surface area (Å²) in [5, 5.41) is 0. The van der Waals surface area contributed by atoms with E-state index in [1.165, 1.54) is 29.7 Å². The first-order valence-corrected chi connectivity index (χ1v) is 8.80. The molecule has 1 unspecified atom stereocenters. The van der Waals surface area contributed by atoms with Gasteiger partial charge < -0.3 is 14.4 Å². The summed E-state index contributed by atoms with van der Waals surface area (Å²) < 4.78 is 11.8. The summed E-state index contributed by atoms with van der Waals surface area (Å²) in [4.78, 5) is 6.67. The van der Waals surface area contributed by atoms with Crippen LogP contribution in [-0.4, -0.2) is 18.2 Å². The molecule has 2 heterocycles. The van der Waals surface area contributed by atoms with Gasteiger partial charge in [-0.25, -0.2) is 0 Å². The first-order chi connectivity index (χ1) is 11.8. The van der Waals surface area contributed by atoms with Crippen LogP contribution < -0.4 is 14.4 Å². The van der Waals surface area contributed by atoms with Gasteiger partial charge in [-0.05, 0) is 61.9 Å². The van der Waals surface area contributed by atoms with E-state index in [4.69, 9.17) is 9.47 Å². The minimum atomic E-state index is 0.321. The Morgan fingerprint density at radius 1 is 1.12 bits per heavy atom. The summed E-state index contributed by atoms with van der Waals surface area (Å²) in [7, 11) is 1.70. The normalized spacial score (nSPS) is 20.2. The fourth-order valence-corrected chi connectivity index (χ4v) is 3.88. The predicted octanol–water partition coefficient (Wildman–Crippen LogP) is 4.49. The van der Waals surface area contributed by atoms with Crippen LogP contribution in [0.5, 0.6) is 11.5 Å². The molecular weight excluding hydrogens is 300 g/mol. The molecule has 1 aromatic carbocycles. The number of nitrogens with zero attached hydrogens (tertiary/aromatic N) is 2. The molecule has 1 aliphatic heterocycles. The highest BCUT2D eigenvalue weighted by Crippen LogP contribution is 2.41. The van der Waals surface area contributed by atoms with Crippen molar-refractivity contribution in [3.63, 3.8) is 0 Å². The lowest BCUT2D eigenvalue weighted by molar-refractivity contribution is 0.201. The lowest BCUT2D eigenvalue weighted by Crippen LogP contribution is -2.19. The largest absolute Gasteiger partial charge is 0.493 e. The van der Waals surface area contributed by atoms with Gasteiger partial charge in [0, 0.05) is 30.7 Å². The smallest absolute Gasteiger partial charge is 0.163 e. The van der Waals surface area contributed by atoms with Crippen molar-refractivity contribution in [2.24, 2.45) is 0 Å². The Labute approximate surface area is 143 Å². The summed E-state index contributed by atoms with van der Waals surface area (Å²) in [6.45, 7) is 3.14. The Morgan fingerprint density at radius 3 is 2.71 bits per heavy atom. The predicted molar refractivity (Wildman–Crippen MR) is 94.7 cm³/mol. The van der Waals surface area contributed by atoms with E-state index < -0.39 is 0 Å². The summed E-state index contributed by atoms with van der Waals surface area (Å²) >= 11 is 0. The number of anilines is 1.